The van der Waals surface area contributed by atoms with Gasteiger partial charge in [-0.05, 0) is 16.5 Å². The van der Waals surface area contributed by atoms with Gasteiger partial charge in [-0.3, -0.25) is 4.90 Å². The Bertz CT molecular complexity index is 431. The fraction of sp³-hybridized carbons (Fsp3) is 0.647. The largest absolute Gasteiger partial charge is 0.314 e. The molecule has 1 aliphatic rings. The maximum atomic E-state index is 13.0. The van der Waals surface area contributed by atoms with Crippen molar-refractivity contribution in [2.45, 2.75) is 45.1 Å². The zero-order valence-corrected chi connectivity index (χ0v) is 13.2. The molecule has 1 heterocycles. The molecule has 0 saturated carbocycles. The van der Waals surface area contributed by atoms with Crippen LogP contribution < -0.4 is 5.32 Å². The summed E-state index contributed by atoms with van der Waals surface area (Å²) in [5.74, 6) is 0. The van der Waals surface area contributed by atoms with Gasteiger partial charge in [-0.1, -0.05) is 45.0 Å². The minimum absolute atomic E-state index is 0.0884. The number of piperazine rings is 1. The number of hydrogen-bond donors (Lipinski definition) is 1. The lowest BCUT2D eigenvalue weighted by Gasteiger charge is -2.35. The van der Waals surface area contributed by atoms with Crippen molar-refractivity contribution in [3.63, 3.8) is 0 Å². The molecule has 2 rings (SSSR count). The first-order valence-electron chi connectivity index (χ1n) is 7.71. The van der Waals surface area contributed by atoms with Gasteiger partial charge in [0.05, 0.1) is 0 Å². The Morgan fingerprint density at radius 2 is 1.67 bits per heavy atom. The highest BCUT2D eigenvalue weighted by Crippen LogP contribution is 2.30. The van der Waals surface area contributed by atoms with Gasteiger partial charge in [0.15, 0.2) is 0 Å². The van der Waals surface area contributed by atoms with E-state index in [1.54, 1.807) is 0 Å². The second-order valence-electron chi connectivity index (χ2n) is 6.80. The molecule has 0 bridgehead atoms. The van der Waals surface area contributed by atoms with Crippen molar-refractivity contribution in [3.05, 3.63) is 35.4 Å². The van der Waals surface area contributed by atoms with Gasteiger partial charge in [0.1, 0.15) is 0 Å². The standard InChI is InChI=1S/C17H26F2N2/c1-17(2,3)14-6-4-13(5-7-14)15(12-16(18)19)21-10-8-20-9-11-21/h4-7,15-16,20H,8-12H2,1-3H3/t15-/m0/s1. The van der Waals surface area contributed by atoms with E-state index in [9.17, 15) is 8.78 Å². The molecule has 0 radical (unpaired) electrons. The van der Waals surface area contributed by atoms with Crippen molar-refractivity contribution < 1.29 is 8.78 Å². The van der Waals surface area contributed by atoms with E-state index in [1.807, 2.05) is 12.1 Å². The van der Waals surface area contributed by atoms with Crippen LogP contribution in [0.3, 0.4) is 0 Å². The van der Waals surface area contributed by atoms with Crippen LogP contribution in [0.5, 0.6) is 0 Å². The number of hydrogen-bond acceptors (Lipinski definition) is 2. The van der Waals surface area contributed by atoms with E-state index in [2.05, 4.69) is 43.1 Å². The third-order valence-electron chi connectivity index (χ3n) is 4.16. The quantitative estimate of drug-likeness (QED) is 0.913. The van der Waals surface area contributed by atoms with E-state index in [-0.39, 0.29) is 17.9 Å². The summed E-state index contributed by atoms with van der Waals surface area (Å²) in [5.41, 5.74) is 2.33. The predicted molar refractivity (Wildman–Crippen MR) is 82.9 cm³/mol. The summed E-state index contributed by atoms with van der Waals surface area (Å²) < 4.78 is 25.9. The van der Waals surface area contributed by atoms with Crippen molar-refractivity contribution in [1.29, 1.82) is 0 Å². The van der Waals surface area contributed by atoms with Gasteiger partial charge in [-0.25, -0.2) is 8.78 Å². The van der Waals surface area contributed by atoms with Crippen LogP contribution >= 0.6 is 0 Å². The number of benzene rings is 1. The number of halogens is 2. The predicted octanol–water partition coefficient (Wildman–Crippen LogP) is 3.59. The molecular weight excluding hydrogens is 270 g/mol. The first kappa shape index (κ1) is 16.4. The maximum absolute atomic E-state index is 13.0. The molecule has 1 fully saturated rings. The zero-order valence-electron chi connectivity index (χ0n) is 13.2. The minimum Gasteiger partial charge on any atom is -0.314 e. The Morgan fingerprint density at radius 1 is 1.10 bits per heavy atom. The van der Waals surface area contributed by atoms with Crippen molar-refractivity contribution >= 4 is 0 Å². The molecule has 0 unspecified atom stereocenters. The Balaban J connectivity index is 2.19. The molecular formula is C17H26F2N2. The van der Waals surface area contributed by atoms with E-state index >= 15 is 0 Å². The van der Waals surface area contributed by atoms with Crippen molar-refractivity contribution in [1.82, 2.24) is 10.2 Å². The van der Waals surface area contributed by atoms with Gasteiger partial charge < -0.3 is 5.32 Å². The maximum Gasteiger partial charge on any atom is 0.240 e. The average Bonchev–Trinajstić information content (AvgIpc) is 2.45. The highest BCUT2D eigenvalue weighted by molar-refractivity contribution is 5.29. The molecule has 0 aromatic heterocycles. The minimum atomic E-state index is -2.27. The van der Waals surface area contributed by atoms with Crippen molar-refractivity contribution in [3.8, 4) is 0 Å². The monoisotopic (exact) mass is 296 g/mol. The Kier molecular flexibility index (Phi) is 5.33. The highest BCUT2D eigenvalue weighted by atomic mass is 19.3. The molecule has 21 heavy (non-hydrogen) atoms. The van der Waals surface area contributed by atoms with Crippen LogP contribution in [0.15, 0.2) is 24.3 Å². The molecule has 4 heteroatoms. The molecule has 2 nitrogen and oxygen atoms in total. The molecule has 1 aliphatic heterocycles. The van der Waals surface area contributed by atoms with Crippen LogP contribution in [0.4, 0.5) is 8.78 Å². The summed E-state index contributed by atoms with van der Waals surface area (Å²) in [4.78, 5) is 2.18. The molecule has 1 N–H and O–H groups in total. The summed E-state index contributed by atoms with van der Waals surface area (Å²) in [6.45, 7) is 9.90. The summed E-state index contributed by atoms with van der Waals surface area (Å²) in [7, 11) is 0. The van der Waals surface area contributed by atoms with E-state index in [1.165, 1.54) is 5.56 Å². The van der Waals surface area contributed by atoms with Gasteiger partial charge in [0.25, 0.3) is 0 Å². The second kappa shape index (κ2) is 6.84. The number of rotatable bonds is 4. The normalized spacial score (nSPS) is 19.0. The Hall–Kier alpha value is -1.00. The Labute approximate surface area is 126 Å². The van der Waals surface area contributed by atoms with Crippen LogP contribution in [-0.2, 0) is 5.41 Å². The fourth-order valence-electron chi connectivity index (χ4n) is 2.86. The summed E-state index contributed by atoms with van der Waals surface area (Å²) in [5, 5.41) is 3.27. The number of nitrogens with one attached hydrogen (secondary N) is 1. The molecule has 1 aromatic rings. The Morgan fingerprint density at radius 3 is 2.14 bits per heavy atom. The summed E-state index contributed by atoms with van der Waals surface area (Å²) in [6, 6.07) is 8.03. The lowest BCUT2D eigenvalue weighted by molar-refractivity contribution is 0.0739. The zero-order chi connectivity index (χ0) is 15.5. The lowest BCUT2D eigenvalue weighted by Crippen LogP contribution is -2.45. The van der Waals surface area contributed by atoms with E-state index in [4.69, 9.17) is 0 Å². The first-order valence-corrected chi connectivity index (χ1v) is 7.71. The molecule has 118 valence electrons. The van der Waals surface area contributed by atoms with E-state index < -0.39 is 6.43 Å². The third kappa shape index (κ3) is 4.48. The summed E-state index contributed by atoms with van der Waals surface area (Å²) >= 11 is 0. The van der Waals surface area contributed by atoms with Crippen LogP contribution in [0.25, 0.3) is 0 Å². The summed E-state index contributed by atoms with van der Waals surface area (Å²) in [6.07, 6.45) is -2.36. The van der Waals surface area contributed by atoms with Gasteiger partial charge in [-0.2, -0.15) is 0 Å². The van der Waals surface area contributed by atoms with Gasteiger partial charge >= 0.3 is 0 Å². The van der Waals surface area contributed by atoms with Gasteiger partial charge in [0, 0.05) is 38.6 Å². The highest BCUT2D eigenvalue weighted by Gasteiger charge is 2.25. The van der Waals surface area contributed by atoms with E-state index in [0.29, 0.717) is 0 Å². The molecule has 1 atom stereocenters. The van der Waals surface area contributed by atoms with Gasteiger partial charge in [0.2, 0.25) is 6.43 Å². The molecule has 0 spiro atoms. The number of nitrogens with zero attached hydrogens (tertiary/aromatic N) is 1. The van der Waals surface area contributed by atoms with Crippen LogP contribution in [0.1, 0.15) is 44.4 Å². The molecule has 0 aliphatic carbocycles. The molecule has 0 amide bonds. The van der Waals surface area contributed by atoms with Crippen molar-refractivity contribution in [2.75, 3.05) is 26.2 Å². The SMILES string of the molecule is CC(C)(C)c1ccc([C@H](CC(F)F)N2CCNCC2)cc1. The smallest absolute Gasteiger partial charge is 0.240 e. The second-order valence-corrected chi connectivity index (χ2v) is 6.80. The van der Waals surface area contributed by atoms with E-state index in [0.717, 1.165) is 31.7 Å². The fourth-order valence-corrected chi connectivity index (χ4v) is 2.86. The average molecular weight is 296 g/mol. The third-order valence-corrected chi connectivity index (χ3v) is 4.16. The number of alkyl halides is 2. The van der Waals surface area contributed by atoms with Crippen LogP contribution in [-0.4, -0.2) is 37.5 Å². The lowest BCUT2D eigenvalue weighted by atomic mass is 9.86. The van der Waals surface area contributed by atoms with Crippen molar-refractivity contribution in [2.24, 2.45) is 0 Å². The topological polar surface area (TPSA) is 15.3 Å². The molecule has 1 saturated heterocycles. The van der Waals surface area contributed by atoms with Gasteiger partial charge in [-0.15, -0.1) is 0 Å². The van der Waals surface area contributed by atoms with Crippen LogP contribution in [0.2, 0.25) is 0 Å². The molecule has 1 aromatic carbocycles. The van der Waals surface area contributed by atoms with Crippen LogP contribution in [0, 0.1) is 0 Å². The first-order chi connectivity index (χ1) is 9.88.